The van der Waals surface area contributed by atoms with E-state index in [1.165, 1.54) is 13.0 Å². The van der Waals surface area contributed by atoms with Crippen molar-refractivity contribution in [2.45, 2.75) is 55.9 Å². The Morgan fingerprint density at radius 3 is 2.76 bits per heavy atom. The van der Waals surface area contributed by atoms with Gasteiger partial charge >= 0.3 is 0 Å². The summed E-state index contributed by atoms with van der Waals surface area (Å²) in [6.07, 6.45) is 2.52. The van der Waals surface area contributed by atoms with Crippen LogP contribution in [0.4, 0.5) is 4.39 Å². The van der Waals surface area contributed by atoms with Gasteiger partial charge in [-0.15, -0.1) is 0 Å². The first-order valence-corrected chi connectivity index (χ1v) is 8.46. The van der Waals surface area contributed by atoms with Gasteiger partial charge in [-0.1, -0.05) is 0 Å². The number of hydrogen-bond donors (Lipinski definition) is 2. The predicted octanol–water partition coefficient (Wildman–Crippen LogP) is 1.22. The molecule has 0 aromatic heterocycles. The first kappa shape index (κ1) is 14.9. The molecule has 0 aliphatic carbocycles. The molecule has 2 bridgehead atoms. The molecule has 7 heteroatoms. The molecule has 2 heterocycles. The largest absolute Gasteiger partial charge is 0.392 e. The van der Waals surface area contributed by atoms with Crippen molar-refractivity contribution in [1.82, 2.24) is 4.72 Å². The highest BCUT2D eigenvalue weighted by Crippen LogP contribution is 2.35. The van der Waals surface area contributed by atoms with Gasteiger partial charge in [0.15, 0.2) is 0 Å². The third kappa shape index (κ3) is 2.70. The number of ether oxygens (including phenoxy) is 1. The van der Waals surface area contributed by atoms with Gasteiger partial charge in [-0.2, -0.15) is 0 Å². The maximum absolute atomic E-state index is 13.8. The van der Waals surface area contributed by atoms with Crippen molar-refractivity contribution in [2.24, 2.45) is 0 Å². The highest BCUT2D eigenvalue weighted by molar-refractivity contribution is 7.89. The molecule has 1 aromatic carbocycles. The second kappa shape index (κ2) is 5.31. The first-order valence-electron chi connectivity index (χ1n) is 6.98. The van der Waals surface area contributed by atoms with Crippen LogP contribution in [0.1, 0.15) is 30.4 Å². The number of benzene rings is 1. The lowest BCUT2D eigenvalue weighted by Gasteiger charge is -2.21. The van der Waals surface area contributed by atoms with Crippen LogP contribution in [-0.2, 0) is 21.4 Å². The Kier molecular flexibility index (Phi) is 3.77. The molecule has 0 radical (unpaired) electrons. The molecule has 2 aliphatic heterocycles. The van der Waals surface area contributed by atoms with Crippen molar-refractivity contribution in [3.8, 4) is 0 Å². The number of sulfonamides is 1. The van der Waals surface area contributed by atoms with Crippen LogP contribution in [0.3, 0.4) is 0 Å². The van der Waals surface area contributed by atoms with E-state index in [0.717, 1.165) is 18.9 Å². The molecule has 2 fully saturated rings. The van der Waals surface area contributed by atoms with Gasteiger partial charge in [0.05, 0.1) is 29.8 Å². The second-order valence-corrected chi connectivity index (χ2v) is 7.38. The third-order valence-electron chi connectivity index (χ3n) is 4.24. The van der Waals surface area contributed by atoms with E-state index in [4.69, 9.17) is 9.84 Å². The average Bonchev–Trinajstić information content (AvgIpc) is 3.03. The van der Waals surface area contributed by atoms with Crippen molar-refractivity contribution < 1.29 is 22.7 Å². The summed E-state index contributed by atoms with van der Waals surface area (Å²) >= 11 is 0. The lowest BCUT2D eigenvalue weighted by atomic mass is 9.96. The minimum absolute atomic E-state index is 0.0591. The molecule has 3 atom stereocenters. The summed E-state index contributed by atoms with van der Waals surface area (Å²) in [5.41, 5.74) is 0.298. The minimum Gasteiger partial charge on any atom is -0.392 e. The van der Waals surface area contributed by atoms with Crippen LogP contribution in [0, 0.1) is 12.7 Å². The van der Waals surface area contributed by atoms with E-state index < -0.39 is 22.4 Å². The average molecular weight is 315 g/mol. The van der Waals surface area contributed by atoms with Gasteiger partial charge in [0, 0.05) is 5.56 Å². The number of fused-ring (bicyclic) bond motifs is 2. The van der Waals surface area contributed by atoms with E-state index in [1.807, 2.05) is 0 Å². The highest BCUT2D eigenvalue weighted by atomic mass is 32.2. The molecular formula is C14H18FNO4S. The first-order chi connectivity index (χ1) is 9.90. The van der Waals surface area contributed by atoms with Crippen LogP contribution >= 0.6 is 0 Å². The normalized spacial score (nSPS) is 28.2. The number of nitrogens with one attached hydrogen (secondary N) is 1. The second-order valence-electron chi connectivity index (χ2n) is 5.70. The van der Waals surface area contributed by atoms with Gasteiger partial charge in [0.25, 0.3) is 0 Å². The van der Waals surface area contributed by atoms with Gasteiger partial charge in [-0.3, -0.25) is 0 Å². The summed E-state index contributed by atoms with van der Waals surface area (Å²) in [4.78, 5) is -0.116. The number of rotatable bonds is 4. The Bertz CT molecular complexity index is 661. The molecule has 3 unspecified atom stereocenters. The van der Waals surface area contributed by atoms with Crippen molar-refractivity contribution in [3.05, 3.63) is 29.1 Å². The van der Waals surface area contributed by atoms with E-state index >= 15 is 0 Å². The van der Waals surface area contributed by atoms with Crippen LogP contribution in [-0.4, -0.2) is 31.8 Å². The molecule has 3 rings (SSSR count). The minimum atomic E-state index is -3.83. The van der Waals surface area contributed by atoms with Crippen molar-refractivity contribution in [1.29, 1.82) is 0 Å². The Balaban J connectivity index is 1.89. The lowest BCUT2D eigenvalue weighted by molar-refractivity contribution is 0.0996. The summed E-state index contributed by atoms with van der Waals surface area (Å²) in [5.74, 6) is -0.633. The molecule has 21 heavy (non-hydrogen) atoms. The molecule has 2 saturated heterocycles. The van der Waals surface area contributed by atoms with Crippen LogP contribution in [0.2, 0.25) is 0 Å². The van der Waals surface area contributed by atoms with Gasteiger partial charge in [-0.05, 0) is 43.9 Å². The summed E-state index contributed by atoms with van der Waals surface area (Å²) in [5, 5.41) is 9.11. The fourth-order valence-electron chi connectivity index (χ4n) is 3.10. The molecule has 116 valence electrons. The third-order valence-corrected chi connectivity index (χ3v) is 5.86. The highest BCUT2D eigenvalue weighted by Gasteiger charge is 2.42. The van der Waals surface area contributed by atoms with Crippen molar-refractivity contribution >= 4 is 10.0 Å². The van der Waals surface area contributed by atoms with Gasteiger partial charge in [-0.25, -0.2) is 17.5 Å². The molecular weight excluding hydrogens is 297 g/mol. The molecule has 2 N–H and O–H groups in total. The van der Waals surface area contributed by atoms with Crippen LogP contribution in [0.25, 0.3) is 0 Å². The smallest absolute Gasteiger partial charge is 0.241 e. The molecule has 0 spiro atoms. The number of hydrogen-bond acceptors (Lipinski definition) is 4. The van der Waals surface area contributed by atoms with Gasteiger partial charge in [0.2, 0.25) is 10.0 Å². The summed E-state index contributed by atoms with van der Waals surface area (Å²) in [7, 11) is -3.83. The van der Waals surface area contributed by atoms with Crippen LogP contribution < -0.4 is 4.72 Å². The number of halogens is 1. The zero-order chi connectivity index (χ0) is 15.2. The summed E-state index contributed by atoms with van der Waals surface area (Å²) < 4.78 is 47.0. The number of aliphatic hydroxyl groups is 1. The quantitative estimate of drug-likeness (QED) is 0.876. The zero-order valence-corrected chi connectivity index (χ0v) is 12.5. The Morgan fingerprint density at radius 2 is 2.19 bits per heavy atom. The van der Waals surface area contributed by atoms with Crippen LogP contribution in [0.15, 0.2) is 17.0 Å². The Hall–Kier alpha value is -1.02. The van der Waals surface area contributed by atoms with E-state index in [1.54, 1.807) is 0 Å². The fourth-order valence-corrected chi connectivity index (χ4v) is 4.68. The van der Waals surface area contributed by atoms with E-state index in [2.05, 4.69) is 4.72 Å². The molecule has 5 nitrogen and oxygen atoms in total. The fraction of sp³-hybridized carbons (Fsp3) is 0.571. The Labute approximate surface area is 123 Å². The van der Waals surface area contributed by atoms with Crippen LogP contribution in [0.5, 0.6) is 0 Å². The standard InChI is InChI=1S/C14H18FNO4S/c1-8-11(15)4-9(7-17)5-14(8)21(18,19)16-12-6-10-2-3-13(12)20-10/h4-5,10,12-13,16-17H,2-3,6-7H2,1H3. The van der Waals surface area contributed by atoms with E-state index in [9.17, 15) is 12.8 Å². The molecule has 0 saturated carbocycles. The monoisotopic (exact) mass is 315 g/mol. The predicted molar refractivity (Wildman–Crippen MR) is 73.7 cm³/mol. The molecule has 1 aromatic rings. The number of aliphatic hydroxyl groups excluding tert-OH is 1. The van der Waals surface area contributed by atoms with Gasteiger partial charge < -0.3 is 9.84 Å². The topological polar surface area (TPSA) is 75.6 Å². The molecule has 0 amide bonds. The zero-order valence-electron chi connectivity index (χ0n) is 11.7. The maximum atomic E-state index is 13.8. The van der Waals surface area contributed by atoms with Crippen molar-refractivity contribution in [3.63, 3.8) is 0 Å². The SMILES string of the molecule is Cc1c(F)cc(CO)cc1S(=O)(=O)NC1CC2CCC1O2. The van der Waals surface area contributed by atoms with Crippen molar-refractivity contribution in [2.75, 3.05) is 0 Å². The summed E-state index contributed by atoms with van der Waals surface area (Å²) in [6, 6.07) is 2.21. The van der Waals surface area contributed by atoms with Gasteiger partial charge in [0.1, 0.15) is 5.82 Å². The lowest BCUT2D eigenvalue weighted by Crippen LogP contribution is -2.41. The van der Waals surface area contributed by atoms with E-state index in [0.29, 0.717) is 6.42 Å². The van der Waals surface area contributed by atoms with E-state index in [-0.39, 0.29) is 34.3 Å². The molecule has 2 aliphatic rings. The maximum Gasteiger partial charge on any atom is 0.241 e. The Morgan fingerprint density at radius 1 is 1.43 bits per heavy atom. The summed E-state index contributed by atoms with van der Waals surface area (Å²) in [6.45, 7) is 1.01.